The Morgan fingerprint density at radius 3 is 2.76 bits per heavy atom. The van der Waals surface area contributed by atoms with Crippen molar-refractivity contribution < 1.29 is 27.1 Å². The number of carbonyl (C=O) groups is 1. The second kappa shape index (κ2) is 8.11. The van der Waals surface area contributed by atoms with Crippen LogP contribution in [0.4, 0.5) is 17.6 Å². The minimum absolute atomic E-state index is 0.274. The molecule has 1 amide bonds. The molecule has 5 nitrogen and oxygen atoms in total. The number of nitrogens with one attached hydrogen (secondary N) is 1. The average Bonchev–Trinajstić information content (AvgIpc) is 2.97. The molecule has 2 aromatic rings. The van der Waals surface area contributed by atoms with Gasteiger partial charge >= 0.3 is 12.3 Å². The zero-order valence-electron chi connectivity index (χ0n) is 13.4. The van der Waals surface area contributed by atoms with Crippen molar-refractivity contribution in [1.29, 1.82) is 0 Å². The number of hydrogen-bond donors (Lipinski definition) is 1. The molecule has 0 radical (unpaired) electrons. The van der Waals surface area contributed by atoms with Gasteiger partial charge in [-0.15, -0.1) is 0 Å². The van der Waals surface area contributed by atoms with E-state index in [2.05, 4.69) is 15.2 Å². The van der Waals surface area contributed by atoms with Crippen LogP contribution in [0.25, 0.3) is 0 Å². The summed E-state index contributed by atoms with van der Waals surface area (Å²) >= 11 is 0. The second-order valence-electron chi connectivity index (χ2n) is 5.38. The number of benzene rings is 1. The van der Waals surface area contributed by atoms with Crippen LogP contribution in [0.2, 0.25) is 0 Å². The molecule has 2 rings (SSSR count). The number of rotatable bonds is 8. The van der Waals surface area contributed by atoms with E-state index in [1.54, 1.807) is 42.2 Å². The van der Waals surface area contributed by atoms with Crippen LogP contribution in [0.3, 0.4) is 0 Å². The molecule has 0 aliphatic rings. The topological polar surface area (TPSA) is 56.2 Å². The first kappa shape index (κ1) is 18.9. The molecule has 1 aromatic heterocycles. The van der Waals surface area contributed by atoms with Gasteiger partial charge in [0.25, 0.3) is 5.91 Å². The van der Waals surface area contributed by atoms with Crippen molar-refractivity contribution in [3.05, 3.63) is 53.3 Å². The van der Waals surface area contributed by atoms with Gasteiger partial charge in [0.1, 0.15) is 6.61 Å². The molecule has 136 valence electrons. The van der Waals surface area contributed by atoms with Crippen molar-refractivity contribution in [2.75, 3.05) is 6.61 Å². The SMILES string of the molecule is Cn1nccc1CNC(=O)c1cccc(COCC(F)(F)C(F)F)c1. The number of alkyl halides is 4. The van der Waals surface area contributed by atoms with Gasteiger partial charge in [-0.25, -0.2) is 8.78 Å². The van der Waals surface area contributed by atoms with Gasteiger partial charge in [0.05, 0.1) is 18.8 Å². The van der Waals surface area contributed by atoms with E-state index in [1.165, 1.54) is 6.07 Å². The monoisotopic (exact) mass is 359 g/mol. The molecule has 1 N–H and O–H groups in total. The van der Waals surface area contributed by atoms with E-state index in [0.29, 0.717) is 11.1 Å². The Labute approximate surface area is 141 Å². The van der Waals surface area contributed by atoms with E-state index in [0.717, 1.165) is 5.69 Å². The van der Waals surface area contributed by atoms with Crippen molar-refractivity contribution in [1.82, 2.24) is 15.1 Å². The zero-order valence-corrected chi connectivity index (χ0v) is 13.4. The van der Waals surface area contributed by atoms with E-state index >= 15 is 0 Å². The molecular weight excluding hydrogens is 342 g/mol. The maximum atomic E-state index is 12.8. The fraction of sp³-hybridized carbons (Fsp3) is 0.375. The number of hydrogen-bond acceptors (Lipinski definition) is 3. The summed E-state index contributed by atoms with van der Waals surface area (Å²) in [6.45, 7) is -1.41. The van der Waals surface area contributed by atoms with Crippen molar-refractivity contribution in [3.63, 3.8) is 0 Å². The second-order valence-corrected chi connectivity index (χ2v) is 5.38. The van der Waals surface area contributed by atoms with E-state index < -0.39 is 19.0 Å². The third kappa shape index (κ3) is 5.28. The summed E-state index contributed by atoms with van der Waals surface area (Å²) in [5, 5.41) is 6.69. The Morgan fingerprint density at radius 1 is 1.36 bits per heavy atom. The fourth-order valence-corrected chi connectivity index (χ4v) is 2.02. The summed E-state index contributed by atoms with van der Waals surface area (Å²) in [5.74, 6) is -4.56. The van der Waals surface area contributed by atoms with Gasteiger partial charge in [0.15, 0.2) is 0 Å². The lowest BCUT2D eigenvalue weighted by molar-refractivity contribution is -0.168. The molecule has 0 aliphatic heterocycles. The average molecular weight is 359 g/mol. The van der Waals surface area contributed by atoms with E-state index in [1.807, 2.05) is 0 Å². The summed E-state index contributed by atoms with van der Waals surface area (Å²) < 4.78 is 55.9. The third-order valence-corrected chi connectivity index (χ3v) is 3.42. The Bertz CT molecular complexity index is 719. The quantitative estimate of drug-likeness (QED) is 0.738. The minimum atomic E-state index is -4.20. The highest BCUT2D eigenvalue weighted by molar-refractivity contribution is 5.94. The van der Waals surface area contributed by atoms with Crippen LogP contribution in [-0.4, -0.2) is 34.6 Å². The lowest BCUT2D eigenvalue weighted by atomic mass is 10.1. The number of carbonyl (C=O) groups excluding carboxylic acids is 1. The lowest BCUT2D eigenvalue weighted by Crippen LogP contribution is -2.32. The van der Waals surface area contributed by atoms with E-state index in [4.69, 9.17) is 0 Å². The fourth-order valence-electron chi connectivity index (χ4n) is 2.02. The minimum Gasteiger partial charge on any atom is -0.370 e. The number of nitrogens with zero attached hydrogens (tertiary/aromatic N) is 2. The highest BCUT2D eigenvalue weighted by Gasteiger charge is 2.40. The maximum Gasteiger partial charge on any atom is 0.330 e. The van der Waals surface area contributed by atoms with Crippen molar-refractivity contribution in [2.24, 2.45) is 7.05 Å². The maximum absolute atomic E-state index is 12.8. The van der Waals surface area contributed by atoms with Crippen LogP contribution >= 0.6 is 0 Å². The summed E-state index contributed by atoms with van der Waals surface area (Å²) in [4.78, 5) is 12.1. The Hall–Kier alpha value is -2.42. The van der Waals surface area contributed by atoms with Crippen molar-refractivity contribution in [3.8, 4) is 0 Å². The lowest BCUT2D eigenvalue weighted by Gasteiger charge is -2.15. The Balaban J connectivity index is 1.89. The first-order valence-electron chi connectivity index (χ1n) is 7.37. The largest absolute Gasteiger partial charge is 0.370 e. The molecule has 1 heterocycles. The van der Waals surface area contributed by atoms with Crippen LogP contribution in [0.15, 0.2) is 36.5 Å². The third-order valence-electron chi connectivity index (χ3n) is 3.42. The molecule has 0 aliphatic carbocycles. The first-order valence-corrected chi connectivity index (χ1v) is 7.37. The zero-order chi connectivity index (χ0) is 18.4. The molecule has 0 fully saturated rings. The predicted octanol–water partition coefficient (Wildman–Crippen LogP) is 2.77. The van der Waals surface area contributed by atoms with Gasteiger partial charge in [-0.1, -0.05) is 12.1 Å². The molecule has 0 bridgehead atoms. The highest BCUT2D eigenvalue weighted by atomic mass is 19.3. The smallest absolute Gasteiger partial charge is 0.330 e. The van der Waals surface area contributed by atoms with Gasteiger partial charge < -0.3 is 10.1 Å². The molecule has 0 unspecified atom stereocenters. The number of ether oxygens (including phenoxy) is 1. The molecule has 0 saturated heterocycles. The summed E-state index contributed by atoms with van der Waals surface area (Å²) in [6.07, 6.45) is -2.18. The Kier molecular flexibility index (Phi) is 6.13. The molecule has 1 aromatic carbocycles. The number of amides is 1. The highest BCUT2D eigenvalue weighted by Crippen LogP contribution is 2.23. The van der Waals surface area contributed by atoms with Gasteiger partial charge in [-0.3, -0.25) is 9.48 Å². The summed E-state index contributed by atoms with van der Waals surface area (Å²) in [7, 11) is 1.74. The van der Waals surface area contributed by atoms with Crippen LogP contribution in [0.1, 0.15) is 21.6 Å². The van der Waals surface area contributed by atoms with E-state index in [9.17, 15) is 22.4 Å². The molecule has 0 spiro atoms. The van der Waals surface area contributed by atoms with Crippen LogP contribution in [0.5, 0.6) is 0 Å². The standard InChI is InChI=1S/C16H17F4N3O2/c1-23-13(5-6-22-23)8-21-14(24)12-4-2-3-11(7-12)9-25-10-16(19,20)15(17)18/h2-7,15H,8-10H2,1H3,(H,21,24). The number of halogens is 4. The van der Waals surface area contributed by atoms with Gasteiger partial charge in [0, 0.05) is 18.8 Å². The number of aryl methyl sites for hydroxylation is 1. The predicted molar refractivity (Wildman–Crippen MR) is 81.4 cm³/mol. The molecule has 0 atom stereocenters. The number of aromatic nitrogens is 2. The Morgan fingerprint density at radius 2 is 2.12 bits per heavy atom. The van der Waals surface area contributed by atoms with Crippen LogP contribution < -0.4 is 5.32 Å². The van der Waals surface area contributed by atoms with Gasteiger partial charge in [0.2, 0.25) is 0 Å². The van der Waals surface area contributed by atoms with Gasteiger partial charge in [-0.2, -0.15) is 13.9 Å². The summed E-state index contributed by atoms with van der Waals surface area (Å²) in [5.41, 5.74) is 1.55. The van der Waals surface area contributed by atoms with Crippen LogP contribution in [0, 0.1) is 0 Å². The van der Waals surface area contributed by atoms with Crippen molar-refractivity contribution >= 4 is 5.91 Å². The van der Waals surface area contributed by atoms with Gasteiger partial charge in [-0.05, 0) is 23.8 Å². The van der Waals surface area contributed by atoms with Crippen molar-refractivity contribution in [2.45, 2.75) is 25.5 Å². The normalized spacial score (nSPS) is 11.8. The first-order chi connectivity index (χ1) is 11.8. The molecule has 25 heavy (non-hydrogen) atoms. The van der Waals surface area contributed by atoms with Crippen LogP contribution in [-0.2, 0) is 24.9 Å². The molecular formula is C16H17F4N3O2. The summed E-state index contributed by atoms with van der Waals surface area (Å²) in [6, 6.07) is 7.88. The molecule has 9 heteroatoms. The molecule has 0 saturated carbocycles. The van der Waals surface area contributed by atoms with E-state index in [-0.39, 0.29) is 19.1 Å².